The van der Waals surface area contributed by atoms with Gasteiger partial charge in [0.25, 0.3) is 0 Å². The number of rotatable bonds is 8. The Bertz CT molecular complexity index is 797. The van der Waals surface area contributed by atoms with Crippen LogP contribution in [0, 0.1) is 0 Å². The van der Waals surface area contributed by atoms with Crippen LogP contribution in [-0.4, -0.2) is 34.6 Å². The molecule has 1 N–H and O–H groups in total. The van der Waals surface area contributed by atoms with Crippen molar-refractivity contribution >= 4 is 51.1 Å². The fourth-order valence-electron chi connectivity index (χ4n) is 2.53. The molecule has 0 unspecified atom stereocenters. The zero-order chi connectivity index (χ0) is 20.7. The van der Waals surface area contributed by atoms with Crippen molar-refractivity contribution in [3.63, 3.8) is 0 Å². The lowest BCUT2D eigenvalue weighted by molar-refractivity contribution is -0.138. The standard InChI is InChI=1S/C21H24BrClN2O2S/c1-14(2)24-21(27)15(3)25(12-16-4-6-17(22)7-5-16)20(26)13-28-19-10-8-18(23)9-11-19/h4-11,14-15H,12-13H2,1-3H3,(H,24,27)/t15-/m0/s1. The lowest BCUT2D eigenvalue weighted by Gasteiger charge is -2.29. The summed E-state index contributed by atoms with van der Waals surface area (Å²) in [5.41, 5.74) is 0.970. The molecule has 2 rings (SSSR count). The van der Waals surface area contributed by atoms with Crippen LogP contribution in [0.2, 0.25) is 5.02 Å². The van der Waals surface area contributed by atoms with Gasteiger partial charge in [-0.3, -0.25) is 9.59 Å². The minimum atomic E-state index is -0.565. The van der Waals surface area contributed by atoms with Gasteiger partial charge in [0.1, 0.15) is 6.04 Å². The quantitative estimate of drug-likeness (QED) is 0.529. The number of nitrogens with zero attached hydrogens (tertiary/aromatic N) is 1. The van der Waals surface area contributed by atoms with Crippen molar-refractivity contribution in [1.82, 2.24) is 10.2 Å². The normalized spacial score (nSPS) is 11.9. The zero-order valence-electron chi connectivity index (χ0n) is 16.1. The van der Waals surface area contributed by atoms with Crippen molar-refractivity contribution in [2.24, 2.45) is 0 Å². The summed E-state index contributed by atoms with van der Waals surface area (Å²) in [5, 5.41) is 3.55. The highest BCUT2D eigenvalue weighted by Crippen LogP contribution is 2.22. The Kier molecular flexibility index (Phi) is 8.86. The monoisotopic (exact) mass is 482 g/mol. The summed E-state index contributed by atoms with van der Waals surface area (Å²) in [4.78, 5) is 28.1. The van der Waals surface area contributed by atoms with E-state index >= 15 is 0 Å². The third-order valence-corrected chi connectivity index (χ3v) is 5.82. The van der Waals surface area contributed by atoms with Crippen LogP contribution >= 0.6 is 39.3 Å². The number of thioether (sulfide) groups is 1. The first-order chi connectivity index (χ1) is 13.3. The summed E-state index contributed by atoms with van der Waals surface area (Å²) in [6.07, 6.45) is 0. The molecule has 2 amide bonds. The van der Waals surface area contributed by atoms with Crippen molar-refractivity contribution in [3.8, 4) is 0 Å². The minimum absolute atomic E-state index is 0.0167. The highest BCUT2D eigenvalue weighted by Gasteiger charge is 2.26. The van der Waals surface area contributed by atoms with Gasteiger partial charge < -0.3 is 10.2 Å². The van der Waals surface area contributed by atoms with Crippen LogP contribution in [0.5, 0.6) is 0 Å². The van der Waals surface area contributed by atoms with Crippen LogP contribution in [-0.2, 0) is 16.1 Å². The summed E-state index contributed by atoms with van der Waals surface area (Å²) >= 11 is 10.8. The zero-order valence-corrected chi connectivity index (χ0v) is 19.3. The average molecular weight is 484 g/mol. The first kappa shape index (κ1) is 22.8. The predicted molar refractivity (Wildman–Crippen MR) is 120 cm³/mol. The van der Waals surface area contributed by atoms with Gasteiger partial charge in [-0.25, -0.2) is 0 Å². The maximum atomic E-state index is 13.0. The van der Waals surface area contributed by atoms with E-state index in [-0.39, 0.29) is 23.6 Å². The number of carbonyl (C=O) groups excluding carboxylic acids is 2. The van der Waals surface area contributed by atoms with E-state index < -0.39 is 6.04 Å². The molecule has 0 saturated carbocycles. The smallest absolute Gasteiger partial charge is 0.242 e. The molecule has 0 spiro atoms. The van der Waals surface area contributed by atoms with Crippen LogP contribution in [0.15, 0.2) is 57.9 Å². The van der Waals surface area contributed by atoms with Crippen molar-refractivity contribution < 1.29 is 9.59 Å². The molecule has 4 nitrogen and oxygen atoms in total. The molecule has 150 valence electrons. The molecule has 0 saturated heterocycles. The van der Waals surface area contributed by atoms with Crippen molar-refractivity contribution in [2.75, 3.05) is 5.75 Å². The van der Waals surface area contributed by atoms with Crippen LogP contribution in [0.4, 0.5) is 0 Å². The Morgan fingerprint density at radius 1 is 1.07 bits per heavy atom. The maximum absolute atomic E-state index is 13.0. The lowest BCUT2D eigenvalue weighted by atomic mass is 10.1. The Morgan fingerprint density at radius 2 is 1.68 bits per heavy atom. The third-order valence-electron chi connectivity index (χ3n) is 4.04. The number of hydrogen-bond donors (Lipinski definition) is 1. The van der Waals surface area contributed by atoms with Crippen LogP contribution in [0.3, 0.4) is 0 Å². The van der Waals surface area contributed by atoms with Crippen molar-refractivity contribution in [1.29, 1.82) is 0 Å². The molecule has 0 heterocycles. The molecule has 2 aromatic rings. The summed E-state index contributed by atoms with van der Waals surface area (Å²) < 4.78 is 0.970. The Morgan fingerprint density at radius 3 is 2.25 bits per heavy atom. The van der Waals surface area contributed by atoms with E-state index in [1.54, 1.807) is 24.0 Å². The molecule has 2 aromatic carbocycles. The van der Waals surface area contributed by atoms with E-state index in [4.69, 9.17) is 11.6 Å². The molecule has 1 atom stereocenters. The van der Waals surface area contributed by atoms with Gasteiger partial charge in [-0.1, -0.05) is 39.7 Å². The van der Waals surface area contributed by atoms with Crippen LogP contribution in [0.1, 0.15) is 26.3 Å². The summed E-state index contributed by atoms with van der Waals surface area (Å²) in [5.74, 6) is 0.00325. The molecular formula is C21H24BrClN2O2S. The lowest BCUT2D eigenvalue weighted by Crippen LogP contribution is -2.49. The largest absolute Gasteiger partial charge is 0.352 e. The van der Waals surface area contributed by atoms with Gasteiger partial charge in [0, 0.05) is 27.0 Å². The van der Waals surface area contributed by atoms with Gasteiger partial charge in [-0.05, 0) is 62.7 Å². The van der Waals surface area contributed by atoms with Crippen molar-refractivity contribution in [2.45, 2.75) is 44.3 Å². The van der Waals surface area contributed by atoms with E-state index in [9.17, 15) is 9.59 Å². The van der Waals surface area contributed by atoms with E-state index in [2.05, 4.69) is 21.2 Å². The van der Waals surface area contributed by atoms with Gasteiger partial charge in [0.05, 0.1) is 5.75 Å². The fraction of sp³-hybridized carbons (Fsp3) is 0.333. The van der Waals surface area contributed by atoms with E-state index in [0.29, 0.717) is 11.6 Å². The molecule has 0 bridgehead atoms. The maximum Gasteiger partial charge on any atom is 0.242 e. The summed E-state index contributed by atoms with van der Waals surface area (Å²) in [6.45, 7) is 5.95. The molecule has 0 fully saturated rings. The second-order valence-electron chi connectivity index (χ2n) is 6.73. The summed E-state index contributed by atoms with van der Waals surface area (Å²) in [7, 11) is 0. The Labute approximate surface area is 184 Å². The first-order valence-electron chi connectivity index (χ1n) is 8.99. The highest BCUT2D eigenvalue weighted by molar-refractivity contribution is 9.10. The highest BCUT2D eigenvalue weighted by atomic mass is 79.9. The molecular weight excluding hydrogens is 460 g/mol. The molecule has 28 heavy (non-hydrogen) atoms. The number of amides is 2. The Balaban J connectivity index is 2.12. The van der Waals surface area contributed by atoms with Gasteiger partial charge in [0.15, 0.2) is 0 Å². The fourth-order valence-corrected chi connectivity index (χ4v) is 3.71. The van der Waals surface area contributed by atoms with E-state index in [0.717, 1.165) is 14.9 Å². The number of halogens is 2. The van der Waals surface area contributed by atoms with Crippen LogP contribution in [0.25, 0.3) is 0 Å². The van der Waals surface area contributed by atoms with E-state index in [1.807, 2.05) is 50.2 Å². The van der Waals surface area contributed by atoms with Gasteiger partial charge in [-0.15, -0.1) is 11.8 Å². The second kappa shape index (κ2) is 10.9. The molecule has 0 aliphatic heterocycles. The summed E-state index contributed by atoms with van der Waals surface area (Å²) in [6, 6.07) is 14.6. The molecule has 7 heteroatoms. The molecule has 0 aliphatic carbocycles. The molecule has 0 radical (unpaired) electrons. The molecule has 0 aromatic heterocycles. The topological polar surface area (TPSA) is 49.4 Å². The minimum Gasteiger partial charge on any atom is -0.352 e. The van der Waals surface area contributed by atoms with Crippen molar-refractivity contribution in [3.05, 3.63) is 63.6 Å². The number of carbonyl (C=O) groups is 2. The Hall–Kier alpha value is -1.50. The van der Waals surface area contributed by atoms with Gasteiger partial charge in [0.2, 0.25) is 11.8 Å². The third kappa shape index (κ3) is 7.15. The predicted octanol–water partition coefficient (Wildman–Crippen LogP) is 5.14. The number of hydrogen-bond acceptors (Lipinski definition) is 3. The van der Waals surface area contributed by atoms with Gasteiger partial charge in [-0.2, -0.15) is 0 Å². The van der Waals surface area contributed by atoms with E-state index in [1.165, 1.54) is 11.8 Å². The second-order valence-corrected chi connectivity index (χ2v) is 9.13. The average Bonchev–Trinajstić information content (AvgIpc) is 2.65. The molecule has 0 aliphatic rings. The van der Waals surface area contributed by atoms with Crippen LogP contribution < -0.4 is 5.32 Å². The number of nitrogens with one attached hydrogen (secondary N) is 1. The SMILES string of the molecule is CC(C)NC(=O)[C@H](C)N(Cc1ccc(Br)cc1)C(=O)CSc1ccc(Cl)cc1. The van der Waals surface area contributed by atoms with Gasteiger partial charge >= 0.3 is 0 Å². The first-order valence-corrected chi connectivity index (χ1v) is 11.1. The number of benzene rings is 2.